The predicted molar refractivity (Wildman–Crippen MR) is 189 cm³/mol. The summed E-state index contributed by atoms with van der Waals surface area (Å²) in [6.45, 7) is 0. The molecule has 0 saturated heterocycles. The maximum absolute atomic E-state index is 2.69. The Kier molecular flexibility index (Phi) is 6.85. The first-order valence-electron chi connectivity index (χ1n) is 15.7. The molecule has 1 aliphatic heterocycles. The Morgan fingerprint density at radius 1 is 0.500 bits per heavy atom. The Labute approximate surface area is 261 Å². The lowest BCUT2D eigenvalue weighted by Gasteiger charge is -2.37. The highest BCUT2D eigenvalue weighted by Gasteiger charge is 2.44. The van der Waals surface area contributed by atoms with Crippen molar-refractivity contribution in [2.24, 2.45) is 0 Å². The van der Waals surface area contributed by atoms with Crippen LogP contribution in [0.1, 0.15) is 17.9 Å². The van der Waals surface area contributed by atoms with Crippen LogP contribution in [0.4, 0.5) is 5.69 Å². The predicted octanol–water partition coefficient (Wildman–Crippen LogP) is 7.01. The first-order valence-corrected chi connectivity index (χ1v) is 17.7. The van der Waals surface area contributed by atoms with Gasteiger partial charge in [-0.15, -0.1) is 0 Å². The lowest BCUT2D eigenvalue weighted by atomic mass is 9.91. The van der Waals surface area contributed by atoms with E-state index in [1.54, 1.807) is 0 Å². The molecule has 0 N–H and O–H groups in total. The molecule has 3 atom stereocenters. The molecule has 0 fully saturated rings. The van der Waals surface area contributed by atoms with Crippen LogP contribution in [0.25, 0.3) is 11.1 Å². The standard InChI is InChI=1S/C42H35NSi/c1-5-15-32(16-6-1)33-25-27-37(28-26-33)44(35-19-9-3-10-20-35,36-21-11-4-12-22-36)38-29-30-40-39-23-13-14-24-41(39)43(42(40)31-38)34-17-7-2-8-18-34/h1-17,19-31,34,39,41H,18H2. The summed E-state index contributed by atoms with van der Waals surface area (Å²) < 4.78 is 0. The summed E-state index contributed by atoms with van der Waals surface area (Å²) >= 11 is 0. The minimum Gasteiger partial charge on any atom is -0.357 e. The number of nitrogens with zero attached hydrogens (tertiary/aromatic N) is 1. The summed E-state index contributed by atoms with van der Waals surface area (Å²) in [6.07, 6.45) is 19.4. The van der Waals surface area contributed by atoms with Crippen molar-refractivity contribution in [2.75, 3.05) is 4.90 Å². The second-order valence-electron chi connectivity index (χ2n) is 12.0. The number of allylic oxidation sites excluding steroid dienone is 4. The third kappa shape index (κ3) is 4.37. The van der Waals surface area contributed by atoms with Crippen LogP contribution < -0.4 is 25.6 Å². The molecule has 0 radical (unpaired) electrons. The molecule has 3 unspecified atom stereocenters. The highest BCUT2D eigenvalue weighted by Crippen LogP contribution is 2.45. The molecule has 2 aliphatic carbocycles. The summed E-state index contributed by atoms with van der Waals surface area (Å²) in [4.78, 5) is 2.69. The number of hydrogen-bond acceptors (Lipinski definition) is 1. The molecule has 1 nitrogen and oxygen atoms in total. The SMILES string of the molecule is C1=CCC(N2c3cc([Si](c4ccccc4)(c4ccccc4)c4ccc(-c5ccccc5)cc4)ccc3C3C=CC=CC32)C=C1. The van der Waals surface area contributed by atoms with Crippen molar-refractivity contribution in [3.63, 3.8) is 0 Å². The van der Waals surface area contributed by atoms with Gasteiger partial charge in [0, 0.05) is 11.6 Å². The summed E-state index contributed by atoms with van der Waals surface area (Å²) in [5, 5.41) is 5.63. The largest absolute Gasteiger partial charge is 0.357 e. The molecular formula is C42H35NSi. The van der Waals surface area contributed by atoms with Crippen molar-refractivity contribution in [3.05, 3.63) is 188 Å². The van der Waals surface area contributed by atoms with E-state index >= 15 is 0 Å². The lowest BCUT2D eigenvalue weighted by molar-refractivity contribution is 0.614. The molecule has 8 rings (SSSR count). The van der Waals surface area contributed by atoms with Gasteiger partial charge in [0.1, 0.15) is 0 Å². The van der Waals surface area contributed by atoms with E-state index < -0.39 is 8.07 Å². The van der Waals surface area contributed by atoms with Gasteiger partial charge in [-0.3, -0.25) is 0 Å². The second-order valence-corrected chi connectivity index (χ2v) is 15.8. The second kappa shape index (κ2) is 11.3. The van der Waals surface area contributed by atoms with Crippen LogP contribution in [0.3, 0.4) is 0 Å². The quantitative estimate of drug-likeness (QED) is 0.154. The van der Waals surface area contributed by atoms with Crippen molar-refractivity contribution in [1.82, 2.24) is 0 Å². The zero-order chi connectivity index (χ0) is 29.3. The van der Waals surface area contributed by atoms with Gasteiger partial charge in [0.25, 0.3) is 0 Å². The number of anilines is 1. The Morgan fingerprint density at radius 3 is 1.73 bits per heavy atom. The molecule has 2 heteroatoms. The molecule has 0 saturated carbocycles. The topological polar surface area (TPSA) is 3.24 Å². The third-order valence-electron chi connectivity index (χ3n) is 9.68. The molecule has 5 aromatic carbocycles. The maximum atomic E-state index is 2.69. The minimum atomic E-state index is -2.69. The molecule has 0 amide bonds. The van der Waals surface area contributed by atoms with Crippen LogP contribution in [-0.2, 0) is 0 Å². The number of fused-ring (bicyclic) bond motifs is 3. The van der Waals surface area contributed by atoms with Gasteiger partial charge in [-0.1, -0.05) is 176 Å². The molecule has 0 aromatic heterocycles. The van der Waals surface area contributed by atoms with E-state index in [9.17, 15) is 0 Å². The van der Waals surface area contributed by atoms with E-state index in [1.165, 1.54) is 43.1 Å². The van der Waals surface area contributed by atoms with E-state index in [0.29, 0.717) is 18.0 Å². The van der Waals surface area contributed by atoms with Crippen LogP contribution >= 0.6 is 0 Å². The van der Waals surface area contributed by atoms with Gasteiger partial charge in [0.05, 0.1) is 12.1 Å². The minimum absolute atomic E-state index is 0.334. The normalized spacial score (nSPS) is 20.0. The third-order valence-corrected chi connectivity index (χ3v) is 14.5. The van der Waals surface area contributed by atoms with Crippen LogP contribution in [0.5, 0.6) is 0 Å². The van der Waals surface area contributed by atoms with Crippen LogP contribution in [0.2, 0.25) is 0 Å². The smallest absolute Gasteiger partial charge is 0.179 e. The van der Waals surface area contributed by atoms with Crippen molar-refractivity contribution in [3.8, 4) is 11.1 Å². The molecular weight excluding hydrogens is 547 g/mol. The molecule has 0 bridgehead atoms. The average Bonchev–Trinajstić information content (AvgIpc) is 3.44. The van der Waals surface area contributed by atoms with E-state index in [-0.39, 0.29) is 0 Å². The highest BCUT2D eigenvalue weighted by molar-refractivity contribution is 7.19. The zero-order valence-corrected chi connectivity index (χ0v) is 25.7. The van der Waals surface area contributed by atoms with E-state index in [4.69, 9.17) is 0 Å². The Balaban J connectivity index is 1.37. The van der Waals surface area contributed by atoms with Crippen LogP contribution in [0.15, 0.2) is 182 Å². The number of benzene rings is 5. The highest BCUT2D eigenvalue weighted by atomic mass is 28.3. The van der Waals surface area contributed by atoms with Gasteiger partial charge in [-0.25, -0.2) is 0 Å². The Morgan fingerprint density at radius 2 is 1.07 bits per heavy atom. The molecule has 1 heterocycles. The number of hydrogen-bond donors (Lipinski definition) is 0. The van der Waals surface area contributed by atoms with E-state index in [1.807, 2.05) is 0 Å². The van der Waals surface area contributed by atoms with E-state index in [0.717, 1.165) is 6.42 Å². The summed E-state index contributed by atoms with van der Waals surface area (Å²) in [5.74, 6) is 0.373. The average molecular weight is 582 g/mol. The van der Waals surface area contributed by atoms with E-state index in [2.05, 4.69) is 187 Å². The fourth-order valence-electron chi connectivity index (χ4n) is 7.68. The fourth-order valence-corrected chi connectivity index (χ4v) is 12.4. The zero-order valence-electron chi connectivity index (χ0n) is 24.7. The Hall–Kier alpha value is -4.92. The monoisotopic (exact) mass is 581 g/mol. The molecule has 212 valence electrons. The van der Waals surface area contributed by atoms with Crippen molar-refractivity contribution >= 4 is 34.5 Å². The van der Waals surface area contributed by atoms with Gasteiger partial charge in [-0.2, -0.15) is 0 Å². The first-order chi connectivity index (χ1) is 21.8. The molecule has 44 heavy (non-hydrogen) atoms. The fraction of sp³-hybridized carbons (Fsp3) is 0.0952. The summed E-state index contributed by atoms with van der Waals surface area (Å²) in [7, 11) is -2.69. The van der Waals surface area contributed by atoms with Gasteiger partial charge in [0.15, 0.2) is 8.07 Å². The summed E-state index contributed by atoms with van der Waals surface area (Å²) in [5.41, 5.74) is 5.31. The molecule has 0 spiro atoms. The molecule has 5 aromatic rings. The van der Waals surface area contributed by atoms with Crippen molar-refractivity contribution < 1.29 is 0 Å². The van der Waals surface area contributed by atoms with Crippen LogP contribution in [-0.4, -0.2) is 20.2 Å². The Bertz CT molecular complexity index is 1850. The van der Waals surface area contributed by atoms with Crippen molar-refractivity contribution in [2.45, 2.75) is 24.4 Å². The van der Waals surface area contributed by atoms with Crippen molar-refractivity contribution in [1.29, 1.82) is 0 Å². The van der Waals surface area contributed by atoms with Gasteiger partial charge in [0.2, 0.25) is 0 Å². The lowest BCUT2D eigenvalue weighted by Crippen LogP contribution is -2.74. The van der Waals surface area contributed by atoms with Gasteiger partial charge < -0.3 is 4.90 Å². The molecule has 3 aliphatic rings. The first kappa shape index (κ1) is 26.7. The summed E-state index contributed by atoms with van der Waals surface area (Å²) in [6, 6.07) is 50.8. The van der Waals surface area contributed by atoms with Crippen LogP contribution in [0, 0.1) is 0 Å². The van der Waals surface area contributed by atoms with Gasteiger partial charge >= 0.3 is 0 Å². The maximum Gasteiger partial charge on any atom is 0.179 e. The number of rotatable bonds is 6. The van der Waals surface area contributed by atoms with Gasteiger partial charge in [-0.05, 0) is 49.9 Å².